The summed E-state index contributed by atoms with van der Waals surface area (Å²) in [5.74, 6) is -3.47. The fraction of sp³-hybridized carbons (Fsp3) is 0.375. The quantitative estimate of drug-likeness (QED) is 0.772. The van der Waals surface area contributed by atoms with Gasteiger partial charge in [0, 0.05) is 11.6 Å². The molecule has 0 aliphatic heterocycles. The Kier molecular flexibility index (Phi) is 3.67. The summed E-state index contributed by atoms with van der Waals surface area (Å²) in [6.07, 6.45) is -10.6. The summed E-state index contributed by atoms with van der Waals surface area (Å²) >= 11 is 0. The summed E-state index contributed by atoms with van der Waals surface area (Å²) in [5.41, 5.74) is -3.57. The van der Waals surface area contributed by atoms with Gasteiger partial charge in [-0.3, -0.25) is 0 Å². The van der Waals surface area contributed by atoms with Crippen LogP contribution in [0, 0.1) is 5.82 Å². The molecule has 0 saturated carbocycles. The molecule has 0 unspecified atom stereocenters. The van der Waals surface area contributed by atoms with Crippen molar-refractivity contribution in [3.63, 3.8) is 0 Å². The fourth-order valence-electron chi connectivity index (χ4n) is 1.05. The fourth-order valence-corrected chi connectivity index (χ4v) is 1.05. The molecule has 0 aliphatic rings. The maximum Gasteiger partial charge on any atom is 0.574 e. The van der Waals surface area contributed by atoms with Gasteiger partial charge in [-0.15, -0.1) is 13.2 Å². The Morgan fingerprint density at radius 1 is 1.11 bits per heavy atom. The first-order chi connectivity index (χ1) is 8.04. The van der Waals surface area contributed by atoms with E-state index >= 15 is 0 Å². The average molecular weight is 281 g/mol. The number of nitrogens with zero attached hydrogens (tertiary/aromatic N) is 1. The first-order valence-corrected chi connectivity index (χ1v) is 4.13. The van der Waals surface area contributed by atoms with Crippen molar-refractivity contribution >= 4 is 0 Å². The molecular weight excluding hydrogens is 278 g/mol. The smallest absolute Gasteiger partial charge is 0.388 e. The molecule has 2 nitrogen and oxygen atoms in total. The van der Waals surface area contributed by atoms with Gasteiger partial charge in [-0.05, 0) is 0 Å². The third kappa shape index (κ3) is 3.44. The Morgan fingerprint density at radius 2 is 1.67 bits per heavy atom. The second-order valence-corrected chi connectivity index (χ2v) is 2.95. The Morgan fingerprint density at radius 3 is 2.06 bits per heavy atom. The lowest BCUT2D eigenvalue weighted by atomic mass is 10.2. The van der Waals surface area contributed by atoms with Gasteiger partial charge in [0.1, 0.15) is 12.5 Å². The molecule has 0 spiro atoms. The molecule has 0 aliphatic carbocycles. The second-order valence-electron chi connectivity index (χ2n) is 2.95. The van der Waals surface area contributed by atoms with Crippen LogP contribution >= 0.6 is 0 Å². The van der Waals surface area contributed by atoms with E-state index in [2.05, 4.69) is 9.72 Å². The highest BCUT2D eigenvalue weighted by Crippen LogP contribution is 2.34. The number of pyridine rings is 1. The van der Waals surface area contributed by atoms with Crippen molar-refractivity contribution in [2.24, 2.45) is 0 Å². The number of rotatable bonds is 2. The molecule has 1 rings (SSSR count). The molecule has 1 aromatic heterocycles. The number of ether oxygens (including phenoxy) is 1. The molecule has 0 bridgehead atoms. The number of hydrogen-bond acceptors (Lipinski definition) is 2. The van der Waals surface area contributed by atoms with Crippen LogP contribution in [-0.4, -0.2) is 11.3 Å². The van der Waals surface area contributed by atoms with Gasteiger partial charge in [-0.25, -0.2) is 13.8 Å². The van der Waals surface area contributed by atoms with Crippen LogP contribution in [0.25, 0.3) is 0 Å². The summed E-state index contributed by atoms with van der Waals surface area (Å²) in [4.78, 5) is 2.41. The Hall–Kier alpha value is -1.61. The van der Waals surface area contributed by atoms with Gasteiger partial charge in [0.15, 0.2) is 5.69 Å². The van der Waals surface area contributed by atoms with E-state index in [9.17, 15) is 35.1 Å². The van der Waals surface area contributed by atoms with E-state index in [1.54, 1.807) is 0 Å². The topological polar surface area (TPSA) is 22.1 Å². The van der Waals surface area contributed by atoms with Crippen LogP contribution < -0.4 is 4.74 Å². The van der Waals surface area contributed by atoms with Crippen LogP contribution in [0.5, 0.6) is 5.88 Å². The normalized spacial score (nSPS) is 12.7. The maximum absolute atomic E-state index is 13.0. The van der Waals surface area contributed by atoms with Crippen molar-refractivity contribution in [1.29, 1.82) is 0 Å². The first kappa shape index (κ1) is 14.5. The van der Waals surface area contributed by atoms with Gasteiger partial charge in [-0.2, -0.15) is 13.2 Å². The standard InChI is InChI=1S/C8H3F8NO/c9-2-3-4(10)1-5(18-8(14,15)16)17-6(3)7(11,12)13/h1H,2H2. The third-order valence-corrected chi connectivity index (χ3v) is 1.67. The van der Waals surface area contributed by atoms with Crippen LogP contribution in [0.4, 0.5) is 35.1 Å². The summed E-state index contributed by atoms with van der Waals surface area (Å²) < 4.78 is 100. The van der Waals surface area contributed by atoms with E-state index in [1.165, 1.54) is 0 Å². The molecule has 0 amide bonds. The van der Waals surface area contributed by atoms with Crippen molar-refractivity contribution in [3.05, 3.63) is 23.1 Å². The molecule has 102 valence electrons. The van der Waals surface area contributed by atoms with Gasteiger partial charge >= 0.3 is 12.5 Å². The first-order valence-electron chi connectivity index (χ1n) is 4.13. The molecule has 18 heavy (non-hydrogen) atoms. The van der Waals surface area contributed by atoms with E-state index in [0.29, 0.717) is 0 Å². The molecule has 0 N–H and O–H groups in total. The van der Waals surface area contributed by atoms with Gasteiger partial charge in [0.25, 0.3) is 0 Å². The van der Waals surface area contributed by atoms with E-state index < -0.39 is 42.2 Å². The number of hydrogen-bond donors (Lipinski definition) is 0. The van der Waals surface area contributed by atoms with Crippen LogP contribution in [0.3, 0.4) is 0 Å². The van der Waals surface area contributed by atoms with Crippen LogP contribution in [0.2, 0.25) is 0 Å². The molecule has 0 atom stereocenters. The SMILES string of the molecule is FCc1c(F)cc(OC(F)(F)F)nc1C(F)(F)F. The summed E-state index contributed by atoms with van der Waals surface area (Å²) in [6, 6.07) is -0.0718. The molecule has 0 aromatic carbocycles. The van der Waals surface area contributed by atoms with Gasteiger partial charge in [-0.1, -0.05) is 0 Å². The van der Waals surface area contributed by atoms with Crippen molar-refractivity contribution < 1.29 is 39.9 Å². The maximum atomic E-state index is 13.0. The third-order valence-electron chi connectivity index (χ3n) is 1.67. The lowest BCUT2D eigenvalue weighted by molar-refractivity contribution is -0.276. The van der Waals surface area contributed by atoms with Crippen LogP contribution in [-0.2, 0) is 12.9 Å². The highest BCUT2D eigenvalue weighted by atomic mass is 19.4. The monoisotopic (exact) mass is 281 g/mol. The van der Waals surface area contributed by atoms with Gasteiger partial charge in [0.2, 0.25) is 5.88 Å². The lowest BCUT2D eigenvalue weighted by Gasteiger charge is -2.13. The van der Waals surface area contributed by atoms with Gasteiger partial charge < -0.3 is 4.74 Å². The average Bonchev–Trinajstić information content (AvgIpc) is 2.12. The van der Waals surface area contributed by atoms with Gasteiger partial charge in [0.05, 0.1) is 0 Å². The predicted octanol–water partition coefficient (Wildman–Crippen LogP) is 3.61. The molecule has 1 aromatic rings. The molecule has 0 saturated heterocycles. The Labute approximate surface area is 94.2 Å². The number of halogens is 8. The van der Waals surface area contributed by atoms with E-state index in [0.717, 1.165) is 0 Å². The minimum atomic E-state index is -5.33. The van der Waals surface area contributed by atoms with E-state index in [-0.39, 0.29) is 6.07 Å². The predicted molar refractivity (Wildman–Crippen MR) is 40.7 cm³/mol. The molecule has 0 fully saturated rings. The molecule has 0 radical (unpaired) electrons. The largest absolute Gasteiger partial charge is 0.574 e. The highest BCUT2D eigenvalue weighted by Gasteiger charge is 2.39. The van der Waals surface area contributed by atoms with Crippen molar-refractivity contribution in [2.75, 3.05) is 0 Å². The van der Waals surface area contributed by atoms with Crippen molar-refractivity contribution in [2.45, 2.75) is 19.2 Å². The van der Waals surface area contributed by atoms with E-state index in [4.69, 9.17) is 0 Å². The lowest BCUT2D eigenvalue weighted by Crippen LogP contribution is -2.20. The van der Waals surface area contributed by atoms with Crippen molar-refractivity contribution in [1.82, 2.24) is 4.98 Å². The summed E-state index contributed by atoms with van der Waals surface area (Å²) in [5, 5.41) is 0. The van der Waals surface area contributed by atoms with Crippen molar-refractivity contribution in [3.8, 4) is 5.88 Å². The zero-order valence-electron chi connectivity index (χ0n) is 8.16. The highest BCUT2D eigenvalue weighted by molar-refractivity contribution is 5.29. The summed E-state index contributed by atoms with van der Waals surface area (Å²) in [6.45, 7) is -1.86. The molecule has 1 heterocycles. The van der Waals surface area contributed by atoms with Crippen LogP contribution in [0.15, 0.2) is 6.07 Å². The Balaban J connectivity index is 3.31. The summed E-state index contributed by atoms with van der Waals surface area (Å²) in [7, 11) is 0. The zero-order valence-corrected chi connectivity index (χ0v) is 8.16. The number of aromatic nitrogens is 1. The number of alkyl halides is 7. The zero-order chi connectivity index (χ0) is 14.1. The van der Waals surface area contributed by atoms with E-state index in [1.807, 2.05) is 0 Å². The molecule has 10 heteroatoms. The second kappa shape index (κ2) is 4.58. The minimum Gasteiger partial charge on any atom is -0.388 e. The Bertz CT molecular complexity index is 438. The van der Waals surface area contributed by atoms with Crippen LogP contribution in [0.1, 0.15) is 11.3 Å². The minimum absolute atomic E-state index is 0.0718. The molecular formula is C8H3F8NO.